The van der Waals surface area contributed by atoms with Crippen LogP contribution in [0.3, 0.4) is 0 Å². The Morgan fingerprint density at radius 1 is 1.19 bits per heavy atom. The predicted molar refractivity (Wildman–Crippen MR) is 83.2 cm³/mol. The number of benzene rings is 1. The summed E-state index contributed by atoms with van der Waals surface area (Å²) < 4.78 is 4.77. The van der Waals surface area contributed by atoms with Crippen molar-refractivity contribution in [2.24, 2.45) is 0 Å². The van der Waals surface area contributed by atoms with E-state index >= 15 is 0 Å². The molecule has 116 valence electrons. The average molecular weight is 291 g/mol. The summed E-state index contributed by atoms with van der Waals surface area (Å²) >= 11 is 0. The molecular formula is C17H25NO3. The molecule has 1 atom stereocenters. The normalized spacial score (nSPS) is 13.4. The highest BCUT2D eigenvalue weighted by molar-refractivity contribution is 5.88. The Morgan fingerprint density at radius 2 is 1.71 bits per heavy atom. The van der Waals surface area contributed by atoms with Gasteiger partial charge in [-0.2, -0.15) is 0 Å². The molecule has 0 fully saturated rings. The van der Waals surface area contributed by atoms with E-state index in [0.717, 1.165) is 16.7 Å². The second-order valence-electron chi connectivity index (χ2n) is 5.78. The summed E-state index contributed by atoms with van der Waals surface area (Å²) in [4.78, 5) is 24.1. The SMILES string of the molecule is CCC(C)(NC(=O)Cc1c(C)cc(C)cc1C)C(=O)OC. The zero-order chi connectivity index (χ0) is 16.2. The third-order valence-corrected chi connectivity index (χ3v) is 3.94. The van der Waals surface area contributed by atoms with Gasteiger partial charge in [0.05, 0.1) is 13.5 Å². The summed E-state index contributed by atoms with van der Waals surface area (Å²) in [5.74, 6) is -0.587. The molecule has 0 saturated carbocycles. The van der Waals surface area contributed by atoms with Crippen LogP contribution >= 0.6 is 0 Å². The molecule has 0 aliphatic rings. The number of carbonyl (C=O) groups excluding carboxylic acids is 2. The average Bonchev–Trinajstić information content (AvgIpc) is 2.41. The van der Waals surface area contributed by atoms with Gasteiger partial charge in [0.2, 0.25) is 5.91 Å². The topological polar surface area (TPSA) is 55.4 Å². The third-order valence-electron chi connectivity index (χ3n) is 3.94. The smallest absolute Gasteiger partial charge is 0.331 e. The van der Waals surface area contributed by atoms with Crippen molar-refractivity contribution in [1.82, 2.24) is 5.32 Å². The standard InChI is InChI=1S/C17H25NO3/c1-7-17(5,16(20)21-6)18-15(19)10-14-12(3)8-11(2)9-13(14)4/h8-9H,7,10H2,1-6H3,(H,18,19). The summed E-state index contributed by atoms with van der Waals surface area (Å²) in [7, 11) is 1.33. The number of rotatable bonds is 5. The van der Waals surface area contributed by atoms with E-state index < -0.39 is 11.5 Å². The van der Waals surface area contributed by atoms with Crippen molar-refractivity contribution in [2.75, 3.05) is 7.11 Å². The van der Waals surface area contributed by atoms with Crippen LogP contribution in [0.25, 0.3) is 0 Å². The van der Waals surface area contributed by atoms with Crippen LogP contribution in [-0.2, 0) is 20.7 Å². The molecule has 0 aliphatic heterocycles. The predicted octanol–water partition coefficient (Wildman–Crippen LogP) is 2.61. The molecule has 0 aromatic heterocycles. The van der Waals surface area contributed by atoms with Crippen molar-refractivity contribution in [3.63, 3.8) is 0 Å². The van der Waals surface area contributed by atoms with Crippen molar-refractivity contribution in [3.05, 3.63) is 34.4 Å². The molecule has 0 heterocycles. The first-order chi connectivity index (χ1) is 9.73. The maximum absolute atomic E-state index is 12.3. The second-order valence-corrected chi connectivity index (χ2v) is 5.78. The number of nitrogens with one attached hydrogen (secondary N) is 1. The van der Waals surface area contributed by atoms with E-state index in [-0.39, 0.29) is 12.3 Å². The van der Waals surface area contributed by atoms with Crippen LogP contribution in [0.15, 0.2) is 12.1 Å². The molecule has 0 saturated heterocycles. The van der Waals surface area contributed by atoms with Gasteiger partial charge in [0.1, 0.15) is 5.54 Å². The molecule has 0 radical (unpaired) electrons. The van der Waals surface area contributed by atoms with E-state index in [4.69, 9.17) is 4.74 Å². The summed E-state index contributed by atoms with van der Waals surface area (Å²) in [6, 6.07) is 4.13. The number of ether oxygens (including phenoxy) is 1. The second kappa shape index (κ2) is 6.74. The molecule has 4 nitrogen and oxygen atoms in total. The molecule has 4 heteroatoms. The van der Waals surface area contributed by atoms with Gasteiger partial charge in [0.15, 0.2) is 0 Å². The summed E-state index contributed by atoms with van der Waals surface area (Å²) in [5, 5.41) is 2.80. The number of hydrogen-bond acceptors (Lipinski definition) is 3. The van der Waals surface area contributed by atoms with E-state index in [1.165, 1.54) is 12.7 Å². The van der Waals surface area contributed by atoms with Gasteiger partial charge in [0, 0.05) is 0 Å². The lowest BCUT2D eigenvalue weighted by Gasteiger charge is -2.26. The number of methoxy groups -OCH3 is 1. The molecule has 1 amide bonds. The van der Waals surface area contributed by atoms with E-state index in [1.54, 1.807) is 6.92 Å². The molecule has 1 aromatic carbocycles. The molecule has 1 aromatic rings. The fourth-order valence-corrected chi connectivity index (χ4v) is 2.51. The number of carbonyl (C=O) groups is 2. The van der Waals surface area contributed by atoms with E-state index in [2.05, 4.69) is 17.4 Å². The first-order valence-corrected chi connectivity index (χ1v) is 7.19. The zero-order valence-electron chi connectivity index (χ0n) is 13.8. The van der Waals surface area contributed by atoms with Crippen molar-refractivity contribution in [2.45, 2.75) is 53.0 Å². The molecule has 0 spiro atoms. The van der Waals surface area contributed by atoms with Gasteiger partial charge in [-0.15, -0.1) is 0 Å². The molecule has 21 heavy (non-hydrogen) atoms. The molecule has 1 unspecified atom stereocenters. The fourth-order valence-electron chi connectivity index (χ4n) is 2.51. The Hall–Kier alpha value is -1.84. The lowest BCUT2D eigenvalue weighted by atomic mass is 9.95. The zero-order valence-corrected chi connectivity index (χ0v) is 13.8. The summed E-state index contributed by atoms with van der Waals surface area (Å²) in [5.41, 5.74) is 3.42. The quantitative estimate of drug-likeness (QED) is 0.848. The first-order valence-electron chi connectivity index (χ1n) is 7.19. The first kappa shape index (κ1) is 17.2. The number of esters is 1. The number of hydrogen-bond donors (Lipinski definition) is 1. The highest BCUT2D eigenvalue weighted by Crippen LogP contribution is 2.18. The highest BCUT2D eigenvalue weighted by Gasteiger charge is 2.34. The van der Waals surface area contributed by atoms with E-state index in [0.29, 0.717) is 6.42 Å². The van der Waals surface area contributed by atoms with Crippen LogP contribution in [0.5, 0.6) is 0 Å². The monoisotopic (exact) mass is 291 g/mol. The van der Waals surface area contributed by atoms with E-state index in [1.807, 2.05) is 27.7 Å². The van der Waals surface area contributed by atoms with E-state index in [9.17, 15) is 9.59 Å². The Balaban J connectivity index is 2.90. The number of aryl methyl sites for hydroxylation is 3. The van der Waals surface area contributed by atoms with Crippen molar-refractivity contribution in [1.29, 1.82) is 0 Å². The largest absolute Gasteiger partial charge is 0.467 e. The minimum atomic E-state index is -0.974. The molecule has 1 rings (SSSR count). The van der Waals surface area contributed by atoms with Crippen molar-refractivity contribution < 1.29 is 14.3 Å². The van der Waals surface area contributed by atoms with Crippen LogP contribution in [-0.4, -0.2) is 24.5 Å². The lowest BCUT2D eigenvalue weighted by Crippen LogP contribution is -2.52. The Kier molecular flexibility index (Phi) is 5.53. The summed E-state index contributed by atoms with van der Waals surface area (Å²) in [6.07, 6.45) is 0.752. The molecule has 0 bridgehead atoms. The van der Waals surface area contributed by atoms with Crippen LogP contribution in [0.2, 0.25) is 0 Å². The Bertz CT molecular complexity index is 528. The highest BCUT2D eigenvalue weighted by atomic mass is 16.5. The van der Waals surface area contributed by atoms with Crippen LogP contribution in [0.4, 0.5) is 0 Å². The minimum Gasteiger partial charge on any atom is -0.467 e. The minimum absolute atomic E-state index is 0.167. The molecule has 1 N–H and O–H groups in total. The van der Waals surface area contributed by atoms with Gasteiger partial charge in [-0.05, 0) is 50.8 Å². The lowest BCUT2D eigenvalue weighted by molar-refractivity contribution is -0.150. The van der Waals surface area contributed by atoms with Crippen LogP contribution in [0.1, 0.15) is 42.5 Å². The van der Waals surface area contributed by atoms with Gasteiger partial charge in [-0.1, -0.05) is 24.6 Å². The number of amides is 1. The third kappa shape index (κ3) is 4.06. The Labute approximate surface area is 126 Å². The summed E-state index contributed by atoms with van der Waals surface area (Å²) in [6.45, 7) is 9.57. The van der Waals surface area contributed by atoms with Gasteiger partial charge in [-0.25, -0.2) is 4.79 Å². The van der Waals surface area contributed by atoms with Crippen molar-refractivity contribution >= 4 is 11.9 Å². The van der Waals surface area contributed by atoms with Crippen molar-refractivity contribution in [3.8, 4) is 0 Å². The maximum atomic E-state index is 12.3. The van der Waals surface area contributed by atoms with Crippen LogP contribution in [0, 0.1) is 20.8 Å². The van der Waals surface area contributed by atoms with Crippen LogP contribution < -0.4 is 5.32 Å². The van der Waals surface area contributed by atoms with Gasteiger partial charge >= 0.3 is 5.97 Å². The van der Waals surface area contributed by atoms with Gasteiger partial charge in [0.25, 0.3) is 0 Å². The molecular weight excluding hydrogens is 266 g/mol. The fraction of sp³-hybridized carbons (Fsp3) is 0.529. The van der Waals surface area contributed by atoms with Gasteiger partial charge < -0.3 is 10.1 Å². The molecule has 0 aliphatic carbocycles. The Morgan fingerprint density at radius 3 is 2.14 bits per heavy atom. The maximum Gasteiger partial charge on any atom is 0.331 e. The van der Waals surface area contributed by atoms with Gasteiger partial charge in [-0.3, -0.25) is 4.79 Å².